The van der Waals surface area contributed by atoms with Gasteiger partial charge < -0.3 is 4.74 Å². The second kappa shape index (κ2) is 3.54. The first-order valence-electron chi connectivity index (χ1n) is 5.58. The minimum Gasteiger partial charge on any atom is -0.460 e. The van der Waals surface area contributed by atoms with Gasteiger partial charge in [-0.1, -0.05) is 6.92 Å². The molecule has 1 spiro atoms. The minimum atomic E-state index is -0.334. The van der Waals surface area contributed by atoms with E-state index in [0.29, 0.717) is 0 Å². The molecule has 80 valence electrons. The third-order valence-corrected chi connectivity index (χ3v) is 3.55. The van der Waals surface area contributed by atoms with Gasteiger partial charge in [0.2, 0.25) is 0 Å². The first-order chi connectivity index (χ1) is 6.62. The van der Waals surface area contributed by atoms with E-state index < -0.39 is 0 Å². The van der Waals surface area contributed by atoms with Crippen molar-refractivity contribution in [1.29, 1.82) is 0 Å². The number of carbonyl (C=O) groups excluding carboxylic acids is 1. The van der Waals surface area contributed by atoms with Crippen LogP contribution in [0, 0.1) is 5.92 Å². The van der Waals surface area contributed by atoms with E-state index in [9.17, 15) is 4.79 Å². The maximum atomic E-state index is 11.8. The number of morpholine rings is 1. The lowest BCUT2D eigenvalue weighted by molar-refractivity contribution is -0.164. The van der Waals surface area contributed by atoms with Crippen molar-refractivity contribution in [3.63, 3.8) is 0 Å². The fourth-order valence-corrected chi connectivity index (χ4v) is 2.38. The van der Waals surface area contributed by atoms with Crippen LogP contribution < -0.4 is 5.32 Å². The molecule has 0 aromatic heterocycles. The van der Waals surface area contributed by atoms with Crippen molar-refractivity contribution in [2.24, 2.45) is 5.92 Å². The molecule has 14 heavy (non-hydrogen) atoms. The van der Waals surface area contributed by atoms with E-state index >= 15 is 0 Å². The molecule has 0 aromatic rings. The molecule has 1 atom stereocenters. The Morgan fingerprint density at radius 2 is 2.00 bits per heavy atom. The van der Waals surface area contributed by atoms with Gasteiger partial charge in [0, 0.05) is 6.54 Å². The third-order valence-electron chi connectivity index (χ3n) is 3.55. The van der Waals surface area contributed by atoms with Crippen molar-refractivity contribution in [1.82, 2.24) is 5.32 Å². The van der Waals surface area contributed by atoms with Crippen molar-refractivity contribution < 1.29 is 9.53 Å². The van der Waals surface area contributed by atoms with Gasteiger partial charge in [0.25, 0.3) is 0 Å². The summed E-state index contributed by atoms with van der Waals surface area (Å²) >= 11 is 0. The molecule has 3 heteroatoms. The zero-order valence-electron chi connectivity index (χ0n) is 9.01. The van der Waals surface area contributed by atoms with E-state index in [1.165, 1.54) is 0 Å². The molecule has 3 nitrogen and oxygen atoms in total. The minimum absolute atomic E-state index is 0.0249. The lowest BCUT2D eigenvalue weighted by Crippen LogP contribution is -2.61. The first-order valence-corrected chi connectivity index (χ1v) is 5.58. The highest BCUT2D eigenvalue weighted by molar-refractivity contribution is 5.81. The van der Waals surface area contributed by atoms with Crippen molar-refractivity contribution >= 4 is 5.97 Å². The Balaban J connectivity index is 2.05. The van der Waals surface area contributed by atoms with E-state index in [1.54, 1.807) is 0 Å². The van der Waals surface area contributed by atoms with Gasteiger partial charge in [-0.2, -0.15) is 0 Å². The molecule has 2 fully saturated rings. The van der Waals surface area contributed by atoms with Crippen LogP contribution >= 0.6 is 0 Å². The van der Waals surface area contributed by atoms with Crippen molar-refractivity contribution in [3.8, 4) is 0 Å². The van der Waals surface area contributed by atoms with Crippen molar-refractivity contribution in [2.45, 2.75) is 51.2 Å². The predicted molar refractivity (Wildman–Crippen MR) is 53.9 cm³/mol. The molecule has 1 saturated heterocycles. The standard InChI is InChI=1S/C11H19NO2/c1-8-3-5-11(6-4-8)10(13)14-9(2)7-12-11/h8-9,12H,3-7H2,1-2H3. The lowest BCUT2D eigenvalue weighted by atomic mass is 9.76. The number of cyclic esters (lactones) is 1. The number of hydrogen-bond acceptors (Lipinski definition) is 3. The van der Waals surface area contributed by atoms with Crippen LogP contribution in [0.2, 0.25) is 0 Å². The van der Waals surface area contributed by atoms with Gasteiger partial charge in [0.1, 0.15) is 11.6 Å². The lowest BCUT2D eigenvalue weighted by Gasteiger charge is -2.42. The summed E-state index contributed by atoms with van der Waals surface area (Å²) in [5, 5.41) is 3.38. The van der Waals surface area contributed by atoms with E-state index in [1.807, 2.05) is 6.92 Å². The Morgan fingerprint density at radius 3 is 2.57 bits per heavy atom. The number of hydrogen-bond donors (Lipinski definition) is 1. The summed E-state index contributed by atoms with van der Waals surface area (Å²) in [5.74, 6) is 0.734. The Labute approximate surface area is 85.2 Å². The zero-order valence-corrected chi connectivity index (χ0v) is 9.01. The molecule has 1 aliphatic heterocycles. The fourth-order valence-electron chi connectivity index (χ4n) is 2.38. The van der Waals surface area contributed by atoms with Gasteiger partial charge in [0.15, 0.2) is 0 Å². The molecule has 1 heterocycles. The second-order valence-corrected chi connectivity index (χ2v) is 4.86. The van der Waals surface area contributed by atoms with Crippen molar-refractivity contribution in [2.75, 3.05) is 6.54 Å². The first kappa shape index (κ1) is 9.97. The molecule has 0 aromatic carbocycles. The molecule has 2 aliphatic rings. The normalized spacial score (nSPS) is 43.7. The quantitative estimate of drug-likeness (QED) is 0.598. The SMILES string of the molecule is CC1CCC2(CC1)NCC(C)OC2=O. The highest BCUT2D eigenvalue weighted by atomic mass is 16.5. The number of rotatable bonds is 0. The number of carbonyl (C=O) groups is 1. The van der Waals surface area contributed by atoms with Gasteiger partial charge >= 0.3 is 5.97 Å². The number of esters is 1. The van der Waals surface area contributed by atoms with Crippen LogP contribution in [0.1, 0.15) is 39.5 Å². The third kappa shape index (κ3) is 1.65. The zero-order chi connectivity index (χ0) is 10.2. The maximum Gasteiger partial charge on any atom is 0.326 e. The Bertz CT molecular complexity index is 223. The molecule has 1 N–H and O–H groups in total. The molecular formula is C11H19NO2. The van der Waals surface area contributed by atoms with Gasteiger partial charge in [-0.3, -0.25) is 10.1 Å². The monoisotopic (exact) mass is 197 g/mol. The van der Waals surface area contributed by atoms with Gasteiger partial charge in [0.05, 0.1) is 0 Å². The van der Waals surface area contributed by atoms with Crippen LogP contribution in [0.15, 0.2) is 0 Å². The molecule has 0 amide bonds. The van der Waals surface area contributed by atoms with Gasteiger partial charge in [-0.15, -0.1) is 0 Å². The smallest absolute Gasteiger partial charge is 0.326 e. The molecular weight excluding hydrogens is 178 g/mol. The summed E-state index contributed by atoms with van der Waals surface area (Å²) in [7, 11) is 0. The van der Waals surface area contributed by atoms with Gasteiger partial charge in [-0.05, 0) is 38.5 Å². The number of ether oxygens (including phenoxy) is 1. The van der Waals surface area contributed by atoms with E-state index in [2.05, 4.69) is 12.2 Å². The molecule has 1 aliphatic carbocycles. The summed E-state index contributed by atoms with van der Waals surface area (Å²) in [4.78, 5) is 11.8. The molecule has 0 bridgehead atoms. The van der Waals surface area contributed by atoms with Crippen LogP contribution in [-0.2, 0) is 9.53 Å². The van der Waals surface area contributed by atoms with E-state index in [4.69, 9.17) is 4.74 Å². The van der Waals surface area contributed by atoms with Crippen LogP contribution in [0.25, 0.3) is 0 Å². The molecule has 0 radical (unpaired) electrons. The second-order valence-electron chi connectivity index (χ2n) is 4.86. The summed E-state index contributed by atoms with van der Waals surface area (Å²) in [6.45, 7) is 4.99. The average molecular weight is 197 g/mol. The Morgan fingerprint density at radius 1 is 1.36 bits per heavy atom. The summed E-state index contributed by atoms with van der Waals surface area (Å²) < 4.78 is 5.31. The van der Waals surface area contributed by atoms with E-state index in [-0.39, 0.29) is 17.6 Å². The van der Waals surface area contributed by atoms with Crippen LogP contribution in [0.4, 0.5) is 0 Å². The topological polar surface area (TPSA) is 38.3 Å². The van der Waals surface area contributed by atoms with Gasteiger partial charge in [-0.25, -0.2) is 0 Å². The van der Waals surface area contributed by atoms with Crippen LogP contribution in [0.3, 0.4) is 0 Å². The summed E-state index contributed by atoms with van der Waals surface area (Å²) in [6, 6.07) is 0. The highest BCUT2D eigenvalue weighted by Gasteiger charge is 2.45. The fraction of sp³-hybridized carbons (Fsp3) is 0.909. The van der Waals surface area contributed by atoms with Crippen LogP contribution in [0.5, 0.6) is 0 Å². The molecule has 2 rings (SSSR count). The Kier molecular flexibility index (Phi) is 2.52. The number of nitrogens with one attached hydrogen (secondary N) is 1. The van der Waals surface area contributed by atoms with Crippen LogP contribution in [-0.4, -0.2) is 24.2 Å². The predicted octanol–water partition coefficient (Wildman–Crippen LogP) is 1.47. The highest BCUT2D eigenvalue weighted by Crippen LogP contribution is 2.34. The van der Waals surface area contributed by atoms with Crippen molar-refractivity contribution in [3.05, 3.63) is 0 Å². The largest absolute Gasteiger partial charge is 0.460 e. The van der Waals surface area contributed by atoms with E-state index in [0.717, 1.165) is 38.1 Å². The summed E-state index contributed by atoms with van der Waals surface area (Å²) in [6.07, 6.45) is 4.19. The average Bonchev–Trinajstić information content (AvgIpc) is 2.16. The summed E-state index contributed by atoms with van der Waals surface area (Å²) in [5.41, 5.74) is -0.334. The molecule has 1 saturated carbocycles. The Hall–Kier alpha value is -0.570. The maximum absolute atomic E-state index is 11.8. The molecule has 1 unspecified atom stereocenters.